The zero-order chi connectivity index (χ0) is 15.7. The Morgan fingerprint density at radius 1 is 1.27 bits per heavy atom. The van der Waals surface area contributed by atoms with Gasteiger partial charge >= 0.3 is 0 Å². The molecule has 5 heteroatoms. The van der Waals surface area contributed by atoms with Crippen LogP contribution in [0, 0.1) is 17.0 Å². The first-order valence-electron chi connectivity index (χ1n) is 7.44. The summed E-state index contributed by atoms with van der Waals surface area (Å²) in [6.07, 6.45) is 3.02. The van der Waals surface area contributed by atoms with Crippen LogP contribution in [0.15, 0.2) is 36.4 Å². The number of nitrogens with zero attached hydrogens (tertiary/aromatic N) is 1. The number of nitro benzene ring substituents is 1. The number of anilines is 2. The zero-order valence-electron chi connectivity index (χ0n) is 12.5. The number of nitrogen functional groups attached to an aromatic ring is 1. The Hall–Kier alpha value is -2.56. The minimum absolute atomic E-state index is 0.0878. The number of benzene rings is 2. The molecule has 0 bridgehead atoms. The molecule has 3 rings (SSSR count). The molecule has 0 heterocycles. The molecular formula is C17H19N3O2. The molecule has 0 aliphatic heterocycles. The van der Waals surface area contributed by atoms with E-state index in [2.05, 4.69) is 5.32 Å². The summed E-state index contributed by atoms with van der Waals surface area (Å²) in [5.41, 5.74) is 10.7. The van der Waals surface area contributed by atoms with Crippen LogP contribution in [0.25, 0.3) is 0 Å². The minimum Gasteiger partial charge on any atom is -0.399 e. The lowest BCUT2D eigenvalue weighted by Crippen LogP contribution is -2.18. The standard InChI is InChI=1S/C17H19N3O2/c1-11-5-8-17(20(21)22)16(9-11)19-15-4-2-3-12-10-13(18)6-7-14(12)15/h5-10,15,19H,2-4,18H2,1H3. The van der Waals surface area contributed by atoms with Gasteiger partial charge in [-0.15, -0.1) is 0 Å². The van der Waals surface area contributed by atoms with Gasteiger partial charge in [0.05, 0.1) is 11.0 Å². The highest BCUT2D eigenvalue weighted by atomic mass is 16.6. The lowest BCUT2D eigenvalue weighted by Gasteiger charge is -2.27. The molecule has 3 N–H and O–H groups in total. The van der Waals surface area contributed by atoms with E-state index in [1.54, 1.807) is 12.1 Å². The van der Waals surface area contributed by atoms with Gasteiger partial charge in [-0.05, 0) is 61.1 Å². The van der Waals surface area contributed by atoms with Crippen LogP contribution in [0.3, 0.4) is 0 Å². The fraction of sp³-hybridized carbons (Fsp3) is 0.294. The summed E-state index contributed by atoms with van der Waals surface area (Å²) >= 11 is 0. The van der Waals surface area contributed by atoms with Crippen molar-refractivity contribution in [2.45, 2.75) is 32.2 Å². The first-order valence-corrected chi connectivity index (χ1v) is 7.44. The largest absolute Gasteiger partial charge is 0.399 e. The zero-order valence-corrected chi connectivity index (χ0v) is 12.5. The van der Waals surface area contributed by atoms with Gasteiger partial charge in [-0.2, -0.15) is 0 Å². The fourth-order valence-corrected chi connectivity index (χ4v) is 3.10. The second-order valence-electron chi connectivity index (χ2n) is 5.83. The minimum atomic E-state index is -0.339. The molecule has 0 aromatic heterocycles. The van der Waals surface area contributed by atoms with E-state index in [-0.39, 0.29) is 16.7 Å². The smallest absolute Gasteiger partial charge is 0.292 e. The average Bonchev–Trinajstić information content (AvgIpc) is 2.47. The molecule has 5 nitrogen and oxygen atoms in total. The Bertz CT molecular complexity index is 728. The second-order valence-corrected chi connectivity index (χ2v) is 5.83. The molecule has 1 aliphatic carbocycles. The van der Waals surface area contributed by atoms with Crippen LogP contribution in [0.2, 0.25) is 0 Å². The highest BCUT2D eigenvalue weighted by Crippen LogP contribution is 2.36. The van der Waals surface area contributed by atoms with Crippen molar-refractivity contribution < 1.29 is 4.92 Å². The number of hydrogen-bond acceptors (Lipinski definition) is 4. The van der Waals surface area contributed by atoms with E-state index >= 15 is 0 Å². The Labute approximate surface area is 129 Å². The van der Waals surface area contributed by atoms with Crippen LogP contribution in [-0.2, 0) is 6.42 Å². The molecule has 0 saturated heterocycles. The van der Waals surface area contributed by atoms with E-state index in [0.29, 0.717) is 5.69 Å². The summed E-state index contributed by atoms with van der Waals surface area (Å²) in [6, 6.07) is 11.2. The van der Waals surface area contributed by atoms with Crippen LogP contribution >= 0.6 is 0 Å². The topological polar surface area (TPSA) is 81.2 Å². The molecule has 0 radical (unpaired) electrons. The summed E-state index contributed by atoms with van der Waals surface area (Å²) in [7, 11) is 0. The van der Waals surface area contributed by atoms with E-state index < -0.39 is 0 Å². The molecule has 1 unspecified atom stereocenters. The third-order valence-electron chi connectivity index (χ3n) is 4.16. The normalized spacial score (nSPS) is 16.9. The molecule has 0 fully saturated rings. The van der Waals surface area contributed by atoms with E-state index in [1.165, 1.54) is 11.1 Å². The summed E-state index contributed by atoms with van der Waals surface area (Å²) in [5.74, 6) is 0. The van der Waals surface area contributed by atoms with Crippen molar-refractivity contribution in [2.75, 3.05) is 11.1 Å². The Kier molecular flexibility index (Phi) is 3.71. The number of aryl methyl sites for hydroxylation is 2. The maximum atomic E-state index is 11.2. The van der Waals surface area contributed by atoms with Crippen LogP contribution in [0.4, 0.5) is 17.1 Å². The van der Waals surface area contributed by atoms with Crippen molar-refractivity contribution in [2.24, 2.45) is 0 Å². The molecule has 0 spiro atoms. The third kappa shape index (κ3) is 2.74. The van der Waals surface area contributed by atoms with Gasteiger partial charge in [-0.1, -0.05) is 12.1 Å². The van der Waals surface area contributed by atoms with Crippen molar-refractivity contribution in [1.29, 1.82) is 0 Å². The number of nitrogens with one attached hydrogen (secondary N) is 1. The van der Waals surface area contributed by atoms with Gasteiger partial charge in [0, 0.05) is 11.8 Å². The quantitative estimate of drug-likeness (QED) is 0.510. The van der Waals surface area contributed by atoms with Gasteiger partial charge in [-0.3, -0.25) is 10.1 Å². The number of nitrogens with two attached hydrogens (primary N) is 1. The van der Waals surface area contributed by atoms with E-state index in [9.17, 15) is 10.1 Å². The molecule has 2 aromatic carbocycles. The Morgan fingerprint density at radius 2 is 2.09 bits per heavy atom. The van der Waals surface area contributed by atoms with Crippen molar-refractivity contribution >= 4 is 17.1 Å². The van der Waals surface area contributed by atoms with Gasteiger partial charge in [0.25, 0.3) is 5.69 Å². The number of nitro groups is 1. The third-order valence-corrected chi connectivity index (χ3v) is 4.16. The summed E-state index contributed by atoms with van der Waals surface area (Å²) in [4.78, 5) is 10.9. The molecule has 0 amide bonds. The summed E-state index contributed by atoms with van der Waals surface area (Å²) in [6.45, 7) is 1.93. The summed E-state index contributed by atoms with van der Waals surface area (Å²) < 4.78 is 0. The van der Waals surface area contributed by atoms with Crippen LogP contribution < -0.4 is 11.1 Å². The predicted octanol–water partition coefficient (Wildman–Crippen LogP) is 3.97. The predicted molar refractivity (Wildman–Crippen MR) is 88.0 cm³/mol. The maximum absolute atomic E-state index is 11.2. The molecule has 0 saturated carbocycles. The number of hydrogen-bond donors (Lipinski definition) is 2. The molecule has 1 aliphatic rings. The van der Waals surface area contributed by atoms with Crippen molar-refractivity contribution in [3.63, 3.8) is 0 Å². The first-order chi connectivity index (χ1) is 10.5. The molecular weight excluding hydrogens is 278 g/mol. The monoisotopic (exact) mass is 297 g/mol. The van der Waals surface area contributed by atoms with Crippen LogP contribution in [-0.4, -0.2) is 4.92 Å². The van der Waals surface area contributed by atoms with Gasteiger partial charge < -0.3 is 11.1 Å². The lowest BCUT2D eigenvalue weighted by atomic mass is 9.87. The molecule has 1 atom stereocenters. The highest BCUT2D eigenvalue weighted by molar-refractivity contribution is 5.64. The first kappa shape index (κ1) is 14.4. The second kappa shape index (κ2) is 5.67. The number of rotatable bonds is 3. The van der Waals surface area contributed by atoms with E-state index in [1.807, 2.05) is 31.2 Å². The van der Waals surface area contributed by atoms with E-state index in [4.69, 9.17) is 5.73 Å². The van der Waals surface area contributed by atoms with Gasteiger partial charge in [0.1, 0.15) is 5.69 Å². The van der Waals surface area contributed by atoms with Crippen molar-refractivity contribution in [3.05, 3.63) is 63.2 Å². The van der Waals surface area contributed by atoms with Crippen LogP contribution in [0.5, 0.6) is 0 Å². The van der Waals surface area contributed by atoms with E-state index in [0.717, 1.165) is 30.5 Å². The fourth-order valence-electron chi connectivity index (χ4n) is 3.10. The average molecular weight is 297 g/mol. The molecule has 114 valence electrons. The van der Waals surface area contributed by atoms with Gasteiger partial charge in [-0.25, -0.2) is 0 Å². The SMILES string of the molecule is Cc1ccc([N+](=O)[O-])c(NC2CCCc3cc(N)ccc32)c1. The maximum Gasteiger partial charge on any atom is 0.292 e. The number of fused-ring (bicyclic) bond motifs is 1. The Morgan fingerprint density at radius 3 is 2.86 bits per heavy atom. The van der Waals surface area contributed by atoms with Gasteiger partial charge in [0.2, 0.25) is 0 Å². The Balaban J connectivity index is 1.95. The van der Waals surface area contributed by atoms with Gasteiger partial charge in [0.15, 0.2) is 0 Å². The lowest BCUT2D eigenvalue weighted by molar-refractivity contribution is -0.384. The molecule has 2 aromatic rings. The van der Waals surface area contributed by atoms with Crippen molar-refractivity contribution in [1.82, 2.24) is 0 Å². The van der Waals surface area contributed by atoms with Crippen molar-refractivity contribution in [3.8, 4) is 0 Å². The van der Waals surface area contributed by atoms with Crippen LogP contribution in [0.1, 0.15) is 35.6 Å². The molecule has 22 heavy (non-hydrogen) atoms. The highest BCUT2D eigenvalue weighted by Gasteiger charge is 2.23. The summed E-state index contributed by atoms with van der Waals surface area (Å²) in [5, 5.41) is 14.6.